The fraction of sp³-hybridized carbons (Fsp3) is 0.581. The van der Waals surface area contributed by atoms with E-state index in [1.54, 1.807) is 0 Å². The Kier molecular flexibility index (Phi) is 14.8. The second-order valence-corrected chi connectivity index (χ2v) is 11.7. The number of carbonyl (C=O) groups excluding carboxylic acids is 1. The summed E-state index contributed by atoms with van der Waals surface area (Å²) in [5.41, 5.74) is 2.74. The van der Waals surface area contributed by atoms with Crippen LogP contribution in [0, 0.1) is 0 Å². The molecule has 46 heavy (non-hydrogen) atoms. The monoisotopic (exact) mass is 670 g/mol. The van der Waals surface area contributed by atoms with E-state index >= 15 is 0 Å². The first-order valence-corrected chi connectivity index (χ1v) is 15.9. The quantitative estimate of drug-likeness (QED) is 0.106. The van der Waals surface area contributed by atoms with Gasteiger partial charge in [-0.3, -0.25) is 4.79 Å². The van der Waals surface area contributed by atoms with Crippen molar-refractivity contribution in [1.29, 1.82) is 0 Å². The number of rotatable bonds is 16. The summed E-state index contributed by atoms with van der Waals surface area (Å²) >= 11 is 1.17. The van der Waals surface area contributed by atoms with E-state index in [4.69, 9.17) is 28.4 Å². The molecule has 0 bridgehead atoms. The summed E-state index contributed by atoms with van der Waals surface area (Å²) in [6.07, 6.45) is -15.3. The zero-order chi connectivity index (χ0) is 33.1. The molecule has 0 aromatic heterocycles. The molecule has 2 fully saturated rings. The highest BCUT2D eigenvalue weighted by Crippen LogP contribution is 2.29. The summed E-state index contributed by atoms with van der Waals surface area (Å²) in [7, 11) is 0. The Hall–Kier alpha value is -2.06. The van der Waals surface area contributed by atoms with Crippen LogP contribution >= 0.6 is 11.8 Å². The molecule has 7 N–H and O–H groups in total. The van der Waals surface area contributed by atoms with Crippen LogP contribution in [0.15, 0.2) is 54.6 Å². The normalized spacial score (nSPS) is 31.5. The molecule has 2 aromatic carbocycles. The lowest BCUT2D eigenvalue weighted by atomic mass is 9.97. The Bertz CT molecular complexity index is 1170. The maximum absolute atomic E-state index is 12.5. The average Bonchev–Trinajstić information content (AvgIpc) is 3.08. The highest BCUT2D eigenvalue weighted by Gasteiger charge is 2.50. The van der Waals surface area contributed by atoms with Gasteiger partial charge >= 0.3 is 0 Å². The van der Waals surface area contributed by atoms with Crippen LogP contribution in [0.2, 0.25) is 0 Å². The van der Waals surface area contributed by atoms with Crippen LogP contribution in [0.5, 0.6) is 0 Å². The minimum Gasteiger partial charge on any atom is -0.394 e. The van der Waals surface area contributed by atoms with E-state index in [9.17, 15) is 40.5 Å². The molecule has 10 atom stereocenters. The highest BCUT2D eigenvalue weighted by molar-refractivity contribution is 8.14. The van der Waals surface area contributed by atoms with Gasteiger partial charge in [0, 0.05) is 11.3 Å². The number of aliphatic hydroxyl groups excluding tert-OH is 7. The van der Waals surface area contributed by atoms with Crippen molar-refractivity contribution in [3.63, 3.8) is 0 Å². The van der Waals surface area contributed by atoms with Crippen molar-refractivity contribution in [2.45, 2.75) is 61.4 Å². The molecule has 15 heteroatoms. The van der Waals surface area contributed by atoms with Gasteiger partial charge in [0.2, 0.25) is 5.12 Å². The summed E-state index contributed by atoms with van der Waals surface area (Å²) in [6.45, 7) is -0.442. The van der Waals surface area contributed by atoms with Gasteiger partial charge in [0.25, 0.3) is 0 Å². The Morgan fingerprint density at radius 3 is 1.91 bits per heavy atom. The lowest BCUT2D eigenvalue weighted by Gasteiger charge is -2.45. The minimum absolute atomic E-state index is 0.0412. The van der Waals surface area contributed by atoms with E-state index in [1.807, 2.05) is 54.6 Å². The number of thioether (sulfide) groups is 1. The van der Waals surface area contributed by atoms with E-state index in [1.165, 1.54) is 11.8 Å². The Morgan fingerprint density at radius 2 is 1.24 bits per heavy atom. The van der Waals surface area contributed by atoms with Gasteiger partial charge in [-0.15, -0.1) is 0 Å². The maximum Gasteiger partial charge on any atom is 0.219 e. The largest absolute Gasteiger partial charge is 0.394 e. The standard InChI is InChI=1S/C31H42O14S/c32-16-21-23(34)25(36)26(37)31(44-21)45-28-24(35)22(17-33)43-30(27(28)38)42-13-12-40-10-11-41-14-15-46-29(39)20-8-6-19(7-9-20)18-4-2-1-3-5-18/h1-9,21-28,30-38H,10-17H2/t21?,22?,23-,24-,25?,26?,27?,28?,30+,31+/m0/s1. The number of ether oxygens (including phenoxy) is 6. The molecule has 0 radical (unpaired) electrons. The summed E-state index contributed by atoms with van der Waals surface area (Å²) < 4.78 is 32.8. The zero-order valence-electron chi connectivity index (χ0n) is 25.0. The summed E-state index contributed by atoms with van der Waals surface area (Å²) in [4.78, 5) is 12.5. The van der Waals surface area contributed by atoms with Crippen LogP contribution in [-0.2, 0) is 28.4 Å². The van der Waals surface area contributed by atoms with E-state index < -0.39 is 74.6 Å². The summed E-state index contributed by atoms with van der Waals surface area (Å²) in [5.74, 6) is 0.476. The van der Waals surface area contributed by atoms with Crippen molar-refractivity contribution >= 4 is 16.9 Å². The highest BCUT2D eigenvalue weighted by atomic mass is 32.2. The first kappa shape index (κ1) is 36.8. The smallest absolute Gasteiger partial charge is 0.219 e. The third-order valence-electron chi connectivity index (χ3n) is 7.53. The molecule has 4 rings (SSSR count). The lowest BCUT2D eigenvalue weighted by molar-refractivity contribution is -0.360. The van der Waals surface area contributed by atoms with E-state index in [0.29, 0.717) is 17.9 Å². The van der Waals surface area contributed by atoms with Crippen LogP contribution in [-0.4, -0.2) is 154 Å². The van der Waals surface area contributed by atoms with Crippen LogP contribution < -0.4 is 0 Å². The molecule has 2 aliphatic heterocycles. The van der Waals surface area contributed by atoms with Gasteiger partial charge in [-0.1, -0.05) is 54.2 Å². The predicted octanol–water partition coefficient (Wildman–Crippen LogP) is -1.10. The van der Waals surface area contributed by atoms with Crippen LogP contribution in [0.3, 0.4) is 0 Å². The fourth-order valence-electron chi connectivity index (χ4n) is 4.94. The molecule has 256 valence electrons. The van der Waals surface area contributed by atoms with Crippen molar-refractivity contribution < 1.29 is 69.0 Å². The molecule has 2 aliphatic rings. The Morgan fingerprint density at radius 1 is 0.652 bits per heavy atom. The first-order valence-electron chi connectivity index (χ1n) is 14.9. The minimum atomic E-state index is -1.76. The third kappa shape index (κ3) is 9.74. The molecular formula is C31H42O14S. The van der Waals surface area contributed by atoms with Gasteiger partial charge in [0.1, 0.15) is 48.8 Å². The SMILES string of the molecule is O=C(SCCOCCOCCO[C@@H]1OC(CO)[C@H](O)C(O[C@H]2OC(CO)[C@H](O)C(O)C2O)C1O)c1ccc(-c2ccccc2)cc1. The number of aliphatic hydroxyl groups is 7. The van der Waals surface area contributed by atoms with Gasteiger partial charge in [-0.2, -0.15) is 0 Å². The number of benzene rings is 2. The number of hydrogen-bond donors (Lipinski definition) is 7. The molecular weight excluding hydrogens is 628 g/mol. The van der Waals surface area contributed by atoms with Crippen molar-refractivity contribution in [3.8, 4) is 11.1 Å². The van der Waals surface area contributed by atoms with E-state index in [2.05, 4.69) is 0 Å². The number of hydrogen-bond acceptors (Lipinski definition) is 15. The van der Waals surface area contributed by atoms with Crippen LogP contribution in [0.25, 0.3) is 11.1 Å². The molecule has 6 unspecified atom stereocenters. The summed E-state index contributed by atoms with van der Waals surface area (Å²) in [5, 5.41) is 70.5. The molecule has 0 amide bonds. The molecule has 0 saturated carbocycles. The van der Waals surface area contributed by atoms with Gasteiger partial charge in [-0.05, 0) is 23.3 Å². The molecule has 14 nitrogen and oxygen atoms in total. The van der Waals surface area contributed by atoms with Gasteiger partial charge in [-0.25, -0.2) is 0 Å². The Labute approximate surface area is 270 Å². The molecule has 2 saturated heterocycles. The predicted molar refractivity (Wildman–Crippen MR) is 163 cm³/mol. The van der Waals surface area contributed by atoms with E-state index in [0.717, 1.165) is 11.1 Å². The van der Waals surface area contributed by atoms with Crippen LogP contribution in [0.4, 0.5) is 0 Å². The van der Waals surface area contributed by atoms with Gasteiger partial charge < -0.3 is 64.2 Å². The molecule has 0 aliphatic carbocycles. The Balaban J connectivity index is 1.10. The average molecular weight is 671 g/mol. The van der Waals surface area contributed by atoms with Crippen molar-refractivity contribution in [3.05, 3.63) is 60.2 Å². The maximum atomic E-state index is 12.5. The summed E-state index contributed by atoms with van der Waals surface area (Å²) in [6, 6.07) is 17.4. The number of carbonyl (C=O) groups is 1. The second kappa shape index (κ2) is 18.5. The van der Waals surface area contributed by atoms with E-state index in [-0.39, 0.29) is 31.5 Å². The molecule has 2 heterocycles. The van der Waals surface area contributed by atoms with Gasteiger partial charge in [0.05, 0.1) is 46.2 Å². The zero-order valence-corrected chi connectivity index (χ0v) is 25.8. The molecule has 0 spiro atoms. The van der Waals surface area contributed by atoms with Crippen molar-refractivity contribution in [1.82, 2.24) is 0 Å². The van der Waals surface area contributed by atoms with Gasteiger partial charge in [0.15, 0.2) is 12.6 Å². The topological polar surface area (TPSA) is 214 Å². The molecule has 2 aromatic rings. The second-order valence-electron chi connectivity index (χ2n) is 10.7. The van der Waals surface area contributed by atoms with Crippen LogP contribution in [0.1, 0.15) is 10.4 Å². The first-order chi connectivity index (χ1) is 22.2. The third-order valence-corrected chi connectivity index (χ3v) is 8.40. The lowest BCUT2D eigenvalue weighted by Crippen LogP contribution is -2.64. The van der Waals surface area contributed by atoms with Crippen molar-refractivity contribution in [2.24, 2.45) is 0 Å². The van der Waals surface area contributed by atoms with Crippen molar-refractivity contribution in [2.75, 3.05) is 52.0 Å². The fourth-order valence-corrected chi connectivity index (χ4v) is 5.63.